The van der Waals surface area contributed by atoms with E-state index in [-0.39, 0.29) is 11.7 Å². The van der Waals surface area contributed by atoms with Gasteiger partial charge in [-0.1, -0.05) is 25.5 Å². The number of carbonyl (C=O) groups is 1. The molecule has 1 heterocycles. The van der Waals surface area contributed by atoms with Crippen LogP contribution in [0.5, 0.6) is 0 Å². The summed E-state index contributed by atoms with van der Waals surface area (Å²) in [4.78, 5) is 22.2. The summed E-state index contributed by atoms with van der Waals surface area (Å²) in [6.07, 6.45) is 4.14. The van der Waals surface area contributed by atoms with Crippen LogP contribution in [0.1, 0.15) is 35.8 Å². The van der Waals surface area contributed by atoms with Gasteiger partial charge in [-0.2, -0.15) is 0 Å². The highest BCUT2D eigenvalue weighted by atomic mass is 19.1. The van der Waals surface area contributed by atoms with Gasteiger partial charge in [-0.3, -0.25) is 4.79 Å². The van der Waals surface area contributed by atoms with Crippen LogP contribution < -0.4 is 5.32 Å². The van der Waals surface area contributed by atoms with Crippen LogP contribution in [0.25, 0.3) is 0 Å². The minimum absolute atomic E-state index is 0.104. The predicted octanol–water partition coefficient (Wildman–Crippen LogP) is 3.14. The van der Waals surface area contributed by atoms with Gasteiger partial charge in [-0.15, -0.1) is 0 Å². The molecule has 0 atom stereocenters. The van der Waals surface area contributed by atoms with E-state index in [9.17, 15) is 9.18 Å². The average molecular weight is 330 g/mol. The topological polar surface area (TPSA) is 58.1 Å². The van der Waals surface area contributed by atoms with E-state index in [1.54, 1.807) is 30.1 Å². The lowest BCUT2D eigenvalue weighted by molar-refractivity contribution is 0.0787. The molecule has 2 rings (SSSR count). The zero-order chi connectivity index (χ0) is 17.4. The molecule has 0 fully saturated rings. The first kappa shape index (κ1) is 17.8. The minimum Gasteiger partial charge on any atom is -0.370 e. The lowest BCUT2D eigenvalue weighted by Crippen LogP contribution is -2.28. The van der Waals surface area contributed by atoms with Crippen molar-refractivity contribution in [2.24, 2.45) is 0 Å². The van der Waals surface area contributed by atoms with E-state index in [1.165, 1.54) is 18.5 Å². The summed E-state index contributed by atoms with van der Waals surface area (Å²) < 4.78 is 12.9. The lowest BCUT2D eigenvalue weighted by Gasteiger charge is -2.16. The fraction of sp³-hybridized carbons (Fsp3) is 0.389. The average Bonchev–Trinajstić information content (AvgIpc) is 2.61. The number of nitrogens with one attached hydrogen (secondary N) is 1. The summed E-state index contributed by atoms with van der Waals surface area (Å²) in [5.41, 5.74) is 1.42. The SMILES string of the molecule is CCCCN(C)C(=O)c1cc(NCCc2ccc(F)cc2)ncn1. The molecule has 1 aromatic heterocycles. The molecule has 0 unspecified atom stereocenters. The number of halogens is 1. The molecule has 0 saturated heterocycles. The first-order chi connectivity index (χ1) is 11.6. The minimum atomic E-state index is -0.238. The van der Waals surface area contributed by atoms with Crippen molar-refractivity contribution in [1.82, 2.24) is 14.9 Å². The molecule has 0 saturated carbocycles. The van der Waals surface area contributed by atoms with Crippen molar-refractivity contribution in [2.45, 2.75) is 26.2 Å². The Morgan fingerprint density at radius 1 is 1.25 bits per heavy atom. The molecule has 0 radical (unpaired) electrons. The molecule has 24 heavy (non-hydrogen) atoms. The molecule has 0 spiro atoms. The summed E-state index contributed by atoms with van der Waals surface area (Å²) in [6, 6.07) is 8.07. The molecule has 0 bridgehead atoms. The number of hydrogen-bond acceptors (Lipinski definition) is 4. The number of carbonyl (C=O) groups excluding carboxylic acids is 1. The standard InChI is InChI=1S/C18H23FN4O/c1-3-4-11-23(2)18(24)16-12-17(22-13-21-16)20-10-9-14-5-7-15(19)8-6-14/h5-8,12-13H,3-4,9-11H2,1-2H3,(H,20,21,22). The van der Waals surface area contributed by atoms with E-state index in [0.717, 1.165) is 24.8 Å². The first-order valence-electron chi connectivity index (χ1n) is 8.16. The van der Waals surface area contributed by atoms with Gasteiger partial charge in [-0.05, 0) is 30.5 Å². The summed E-state index contributed by atoms with van der Waals surface area (Å²) in [5, 5.41) is 3.17. The van der Waals surface area contributed by atoms with Gasteiger partial charge in [0, 0.05) is 26.2 Å². The van der Waals surface area contributed by atoms with Crippen LogP contribution in [0.4, 0.5) is 10.2 Å². The molecule has 128 valence electrons. The molecule has 1 N–H and O–H groups in total. The number of aromatic nitrogens is 2. The highest BCUT2D eigenvalue weighted by Gasteiger charge is 2.13. The smallest absolute Gasteiger partial charge is 0.272 e. The highest BCUT2D eigenvalue weighted by Crippen LogP contribution is 2.08. The fourth-order valence-electron chi connectivity index (χ4n) is 2.25. The van der Waals surface area contributed by atoms with Crippen molar-refractivity contribution in [3.05, 3.63) is 53.7 Å². The zero-order valence-corrected chi connectivity index (χ0v) is 14.1. The summed E-state index contributed by atoms with van der Waals surface area (Å²) in [7, 11) is 1.78. The Morgan fingerprint density at radius 3 is 2.71 bits per heavy atom. The largest absolute Gasteiger partial charge is 0.370 e. The maximum absolute atomic E-state index is 12.9. The molecular weight excluding hydrogens is 307 g/mol. The monoisotopic (exact) mass is 330 g/mol. The van der Waals surface area contributed by atoms with Crippen molar-refractivity contribution in [3.63, 3.8) is 0 Å². The number of hydrogen-bond donors (Lipinski definition) is 1. The van der Waals surface area contributed by atoms with E-state index >= 15 is 0 Å². The van der Waals surface area contributed by atoms with E-state index in [2.05, 4.69) is 22.2 Å². The van der Waals surface area contributed by atoms with Crippen LogP contribution in [0, 0.1) is 5.82 Å². The zero-order valence-electron chi connectivity index (χ0n) is 14.1. The third-order valence-corrected chi connectivity index (χ3v) is 3.71. The Morgan fingerprint density at radius 2 is 2.00 bits per heavy atom. The van der Waals surface area contributed by atoms with E-state index in [0.29, 0.717) is 24.6 Å². The second kappa shape index (κ2) is 8.96. The second-order valence-electron chi connectivity index (χ2n) is 5.67. The first-order valence-corrected chi connectivity index (χ1v) is 8.16. The molecule has 1 aromatic carbocycles. The number of amides is 1. The van der Waals surface area contributed by atoms with Crippen LogP contribution in [-0.4, -0.2) is 40.9 Å². The Kier molecular flexibility index (Phi) is 6.66. The highest BCUT2D eigenvalue weighted by molar-refractivity contribution is 5.92. The van der Waals surface area contributed by atoms with Crippen LogP contribution in [-0.2, 0) is 6.42 Å². The van der Waals surface area contributed by atoms with Gasteiger partial charge in [0.05, 0.1) is 0 Å². The normalized spacial score (nSPS) is 10.5. The number of nitrogens with zero attached hydrogens (tertiary/aromatic N) is 3. The van der Waals surface area contributed by atoms with Gasteiger partial charge >= 0.3 is 0 Å². The molecule has 6 heteroatoms. The molecule has 5 nitrogen and oxygen atoms in total. The number of unbranched alkanes of at least 4 members (excludes halogenated alkanes) is 1. The van der Waals surface area contributed by atoms with Crippen LogP contribution in [0.3, 0.4) is 0 Å². The summed E-state index contributed by atoms with van der Waals surface area (Å²) >= 11 is 0. The van der Waals surface area contributed by atoms with Crippen molar-refractivity contribution in [2.75, 3.05) is 25.5 Å². The Balaban J connectivity index is 1.90. The maximum Gasteiger partial charge on any atom is 0.272 e. The molecule has 2 aromatic rings. The van der Waals surface area contributed by atoms with E-state index in [4.69, 9.17) is 0 Å². The van der Waals surface area contributed by atoms with Gasteiger partial charge in [0.15, 0.2) is 0 Å². The quantitative estimate of drug-likeness (QED) is 0.808. The maximum atomic E-state index is 12.9. The second-order valence-corrected chi connectivity index (χ2v) is 5.67. The van der Waals surface area contributed by atoms with Crippen LogP contribution in [0.2, 0.25) is 0 Å². The molecular formula is C18H23FN4O. The van der Waals surface area contributed by atoms with Gasteiger partial charge in [0.2, 0.25) is 0 Å². The lowest BCUT2D eigenvalue weighted by atomic mass is 10.1. The van der Waals surface area contributed by atoms with Crippen molar-refractivity contribution >= 4 is 11.7 Å². The van der Waals surface area contributed by atoms with Gasteiger partial charge in [0.1, 0.15) is 23.7 Å². The molecule has 0 aliphatic rings. The van der Waals surface area contributed by atoms with Crippen LogP contribution >= 0.6 is 0 Å². The molecule has 1 amide bonds. The van der Waals surface area contributed by atoms with Crippen molar-refractivity contribution in [3.8, 4) is 0 Å². The Bertz CT molecular complexity index is 660. The van der Waals surface area contributed by atoms with E-state index in [1.807, 2.05) is 0 Å². The number of benzene rings is 1. The van der Waals surface area contributed by atoms with Crippen LogP contribution in [0.15, 0.2) is 36.7 Å². The molecule has 0 aliphatic heterocycles. The third-order valence-electron chi connectivity index (χ3n) is 3.71. The van der Waals surface area contributed by atoms with Gasteiger partial charge in [-0.25, -0.2) is 14.4 Å². The third kappa shape index (κ3) is 5.30. The van der Waals surface area contributed by atoms with Gasteiger partial charge in [0.25, 0.3) is 5.91 Å². The Hall–Kier alpha value is -2.50. The predicted molar refractivity (Wildman–Crippen MR) is 92.5 cm³/mol. The summed E-state index contributed by atoms with van der Waals surface area (Å²) in [6.45, 7) is 3.45. The fourth-order valence-corrected chi connectivity index (χ4v) is 2.25. The number of anilines is 1. The summed E-state index contributed by atoms with van der Waals surface area (Å²) in [5.74, 6) is 0.268. The van der Waals surface area contributed by atoms with Gasteiger partial charge < -0.3 is 10.2 Å². The van der Waals surface area contributed by atoms with E-state index < -0.39 is 0 Å². The number of rotatable bonds is 8. The Labute approximate surface area is 141 Å². The van der Waals surface area contributed by atoms with Crippen molar-refractivity contribution < 1.29 is 9.18 Å². The van der Waals surface area contributed by atoms with Crippen molar-refractivity contribution in [1.29, 1.82) is 0 Å². The molecule has 0 aliphatic carbocycles.